The fraction of sp³-hybridized carbons (Fsp3) is 0.227. The lowest BCUT2D eigenvalue weighted by Crippen LogP contribution is -2.32. The summed E-state index contributed by atoms with van der Waals surface area (Å²) in [7, 11) is 0. The lowest BCUT2D eigenvalue weighted by atomic mass is 10.1. The smallest absolute Gasteiger partial charge is 0.270 e. The maximum absolute atomic E-state index is 12.7. The van der Waals surface area contributed by atoms with Crippen LogP contribution in [0.2, 0.25) is 0 Å². The first-order valence-corrected chi connectivity index (χ1v) is 11.1. The topological polar surface area (TPSA) is 160 Å². The highest BCUT2D eigenvalue weighted by Gasteiger charge is 2.16. The fourth-order valence-electron chi connectivity index (χ4n) is 3.06. The van der Waals surface area contributed by atoms with Gasteiger partial charge in [-0.2, -0.15) is 5.10 Å². The zero-order chi connectivity index (χ0) is 23.8. The van der Waals surface area contributed by atoms with E-state index in [0.29, 0.717) is 17.9 Å². The number of thiophene rings is 1. The van der Waals surface area contributed by atoms with Crippen LogP contribution in [0.3, 0.4) is 0 Å². The van der Waals surface area contributed by atoms with E-state index >= 15 is 0 Å². The Labute approximate surface area is 195 Å². The first-order valence-electron chi connectivity index (χ1n) is 10.3. The summed E-state index contributed by atoms with van der Waals surface area (Å²) in [5, 5.41) is 11.3. The van der Waals surface area contributed by atoms with Crippen molar-refractivity contribution in [3.05, 3.63) is 81.1 Å². The monoisotopic (exact) mass is 466 g/mol. The molecule has 0 saturated heterocycles. The number of rotatable bonds is 8. The van der Waals surface area contributed by atoms with Crippen LogP contribution in [0.15, 0.2) is 53.2 Å². The van der Waals surface area contributed by atoms with Gasteiger partial charge in [0.05, 0.1) is 6.04 Å². The molecule has 7 N–H and O–H groups in total. The molecule has 10 nitrogen and oxygen atoms in total. The summed E-state index contributed by atoms with van der Waals surface area (Å²) >= 11 is 1.66. The summed E-state index contributed by atoms with van der Waals surface area (Å²) in [4.78, 5) is 34.4. The van der Waals surface area contributed by atoms with Crippen LogP contribution in [0, 0.1) is 0 Å². The third kappa shape index (κ3) is 6.11. The summed E-state index contributed by atoms with van der Waals surface area (Å²) in [6.07, 6.45) is 2.16. The number of aromatic nitrogens is 2. The van der Waals surface area contributed by atoms with Gasteiger partial charge in [0.15, 0.2) is 5.84 Å². The van der Waals surface area contributed by atoms with E-state index in [2.05, 4.69) is 44.1 Å². The number of hydrogen-bond donors (Lipinski definition) is 5. The summed E-state index contributed by atoms with van der Waals surface area (Å²) in [5.41, 5.74) is 5.24. The molecule has 33 heavy (non-hydrogen) atoms. The molecule has 2 amide bonds. The molecule has 3 rings (SSSR count). The minimum atomic E-state index is -0.415. The van der Waals surface area contributed by atoms with E-state index in [1.54, 1.807) is 23.5 Å². The molecule has 0 unspecified atom stereocenters. The number of hydrazone groups is 1. The van der Waals surface area contributed by atoms with E-state index in [1.807, 2.05) is 24.4 Å². The number of benzene rings is 1. The fourth-order valence-corrected chi connectivity index (χ4v) is 3.90. The van der Waals surface area contributed by atoms with Gasteiger partial charge in [-0.15, -0.1) is 11.3 Å². The van der Waals surface area contributed by atoms with Gasteiger partial charge in [0.1, 0.15) is 17.7 Å². The van der Waals surface area contributed by atoms with Crippen molar-refractivity contribution in [2.75, 3.05) is 0 Å². The first kappa shape index (κ1) is 23.8. The van der Waals surface area contributed by atoms with E-state index in [1.165, 1.54) is 17.3 Å². The predicted octanol–water partition coefficient (Wildman–Crippen LogP) is 1.61. The van der Waals surface area contributed by atoms with Crippen LogP contribution in [0.25, 0.3) is 0 Å². The quantitative estimate of drug-likeness (QED) is 0.146. The number of carbonyl (C=O) groups is 2. The zero-order valence-electron chi connectivity index (χ0n) is 18.3. The molecule has 0 aliphatic carbocycles. The highest BCUT2D eigenvalue weighted by Crippen LogP contribution is 2.16. The van der Waals surface area contributed by atoms with Gasteiger partial charge >= 0.3 is 0 Å². The number of amides is 2. The van der Waals surface area contributed by atoms with Crippen molar-refractivity contribution in [1.29, 1.82) is 0 Å². The number of aryl methyl sites for hydroxylation is 1. The Kier molecular flexibility index (Phi) is 8.06. The molecule has 1 aromatic carbocycles. The van der Waals surface area contributed by atoms with E-state index in [-0.39, 0.29) is 23.3 Å². The van der Waals surface area contributed by atoms with Crippen LogP contribution >= 0.6 is 11.3 Å². The number of amidine groups is 1. The normalized spacial score (nSPS) is 12.2. The highest BCUT2D eigenvalue weighted by molar-refractivity contribution is 7.10. The Morgan fingerprint density at radius 2 is 1.82 bits per heavy atom. The number of hydrazine groups is 1. The minimum Gasteiger partial charge on any atom is -0.347 e. The van der Waals surface area contributed by atoms with E-state index in [0.717, 1.165) is 17.5 Å². The molecule has 0 fully saturated rings. The van der Waals surface area contributed by atoms with Crippen LogP contribution < -0.4 is 27.7 Å². The van der Waals surface area contributed by atoms with E-state index in [4.69, 9.17) is 11.7 Å². The highest BCUT2D eigenvalue weighted by atomic mass is 32.1. The Balaban J connectivity index is 1.62. The second kappa shape index (κ2) is 11.2. The molecule has 0 aliphatic rings. The maximum Gasteiger partial charge on any atom is 0.270 e. The molecular weight excluding hydrogens is 440 g/mol. The minimum absolute atomic E-state index is 0.104. The van der Waals surface area contributed by atoms with Gasteiger partial charge in [0.25, 0.3) is 11.8 Å². The number of nitrogens with one attached hydrogen (secondary N) is 3. The molecule has 11 heteroatoms. The van der Waals surface area contributed by atoms with Crippen LogP contribution in [-0.2, 0) is 13.0 Å². The Bertz CT molecular complexity index is 1140. The molecule has 2 heterocycles. The van der Waals surface area contributed by atoms with Crippen LogP contribution in [0.1, 0.15) is 62.4 Å². The average Bonchev–Trinajstić information content (AvgIpc) is 3.32. The lowest BCUT2D eigenvalue weighted by Gasteiger charge is -2.15. The third-order valence-electron chi connectivity index (χ3n) is 4.94. The largest absolute Gasteiger partial charge is 0.347 e. The molecule has 1 atom stereocenters. The summed E-state index contributed by atoms with van der Waals surface area (Å²) < 4.78 is 0. The van der Waals surface area contributed by atoms with Crippen molar-refractivity contribution in [3.8, 4) is 0 Å². The van der Waals surface area contributed by atoms with Gasteiger partial charge in [-0.05, 0) is 35.9 Å². The standard InChI is InChI=1S/C22H26N8O2S/c1-3-17-8-14(11-33-17)10-25-21(31)18-9-19(27-12-26-18)22(32)28-13(2)15-4-6-16(7-5-15)20(29-23)30-24/h4-9,11-13H,3,10,23-24H2,1-2H3,(H,25,31)(H,28,32)(H,29,30)/t13-/m0/s1. The van der Waals surface area contributed by atoms with Gasteiger partial charge in [-0.25, -0.2) is 15.8 Å². The van der Waals surface area contributed by atoms with Gasteiger partial charge < -0.3 is 21.9 Å². The van der Waals surface area contributed by atoms with Gasteiger partial charge in [-0.3, -0.25) is 9.59 Å². The maximum atomic E-state index is 12.7. The summed E-state index contributed by atoms with van der Waals surface area (Å²) in [6, 6.07) is 10.4. The van der Waals surface area contributed by atoms with Crippen molar-refractivity contribution < 1.29 is 9.59 Å². The molecule has 3 aromatic rings. The molecular formula is C22H26N8O2S. The Morgan fingerprint density at radius 3 is 2.42 bits per heavy atom. The van der Waals surface area contributed by atoms with E-state index < -0.39 is 5.91 Å². The second-order valence-corrected chi connectivity index (χ2v) is 8.18. The third-order valence-corrected chi connectivity index (χ3v) is 6.07. The lowest BCUT2D eigenvalue weighted by molar-refractivity contribution is 0.0934. The number of carbonyl (C=O) groups excluding carboxylic acids is 2. The van der Waals surface area contributed by atoms with Crippen molar-refractivity contribution in [1.82, 2.24) is 26.0 Å². The van der Waals surface area contributed by atoms with Crippen LogP contribution in [0.5, 0.6) is 0 Å². The van der Waals surface area contributed by atoms with E-state index in [9.17, 15) is 9.59 Å². The Hall–Kier alpha value is -3.83. The number of nitrogens with zero attached hydrogens (tertiary/aromatic N) is 3. The molecule has 0 saturated carbocycles. The molecule has 0 radical (unpaired) electrons. The second-order valence-electron chi connectivity index (χ2n) is 7.19. The summed E-state index contributed by atoms with van der Waals surface area (Å²) in [5.74, 6) is 10.2. The predicted molar refractivity (Wildman–Crippen MR) is 127 cm³/mol. The molecule has 0 bridgehead atoms. The van der Waals surface area contributed by atoms with Gasteiger partial charge in [-0.1, -0.05) is 31.2 Å². The van der Waals surface area contributed by atoms with Crippen molar-refractivity contribution in [3.63, 3.8) is 0 Å². The van der Waals surface area contributed by atoms with Crippen molar-refractivity contribution in [2.24, 2.45) is 16.8 Å². The molecule has 0 aliphatic heterocycles. The molecule has 172 valence electrons. The van der Waals surface area contributed by atoms with Crippen LogP contribution in [-0.4, -0.2) is 27.6 Å². The van der Waals surface area contributed by atoms with Crippen molar-refractivity contribution >= 4 is 29.0 Å². The zero-order valence-corrected chi connectivity index (χ0v) is 19.1. The summed E-state index contributed by atoms with van der Waals surface area (Å²) in [6.45, 7) is 4.32. The number of nitrogens with two attached hydrogens (primary N) is 2. The average molecular weight is 467 g/mol. The first-order chi connectivity index (χ1) is 15.9. The molecule has 2 aromatic heterocycles. The SMILES string of the molecule is CCc1cc(CNC(=O)c2cc(C(=O)N[C@@H](C)c3ccc(/C(=N/N)NN)cc3)ncn2)cs1. The Morgan fingerprint density at radius 1 is 1.12 bits per heavy atom. The van der Waals surface area contributed by atoms with Gasteiger partial charge in [0, 0.05) is 23.1 Å². The molecule has 0 spiro atoms. The van der Waals surface area contributed by atoms with Gasteiger partial charge in [0.2, 0.25) is 0 Å². The number of hydrogen-bond acceptors (Lipinski definition) is 8. The van der Waals surface area contributed by atoms with Crippen LogP contribution in [0.4, 0.5) is 0 Å². The van der Waals surface area contributed by atoms with Crippen molar-refractivity contribution in [2.45, 2.75) is 32.9 Å².